The zero-order valence-corrected chi connectivity index (χ0v) is 10.5. The molecule has 0 heterocycles. The van der Waals surface area contributed by atoms with E-state index in [9.17, 15) is 0 Å². The SMILES string of the molecule is CCOC=Nc1ccccc1.Nc1ccccc1. The molecule has 3 nitrogen and oxygen atoms in total. The first-order valence-electron chi connectivity index (χ1n) is 5.82. The van der Waals surface area contributed by atoms with Gasteiger partial charge in [0.1, 0.15) is 0 Å². The van der Waals surface area contributed by atoms with Gasteiger partial charge in [0.2, 0.25) is 0 Å². The zero-order chi connectivity index (χ0) is 13.1. The minimum Gasteiger partial charge on any atom is -0.483 e. The smallest absolute Gasteiger partial charge is 0.174 e. The average molecular weight is 242 g/mol. The number of anilines is 1. The lowest BCUT2D eigenvalue weighted by atomic mass is 10.3. The van der Waals surface area contributed by atoms with Gasteiger partial charge in [-0.05, 0) is 31.2 Å². The van der Waals surface area contributed by atoms with Gasteiger partial charge >= 0.3 is 0 Å². The number of nitrogen functional groups attached to an aromatic ring is 1. The van der Waals surface area contributed by atoms with Gasteiger partial charge in [-0.1, -0.05) is 36.4 Å². The minimum atomic E-state index is 0.663. The van der Waals surface area contributed by atoms with Crippen molar-refractivity contribution in [2.45, 2.75) is 6.92 Å². The highest BCUT2D eigenvalue weighted by molar-refractivity contribution is 5.55. The first-order valence-corrected chi connectivity index (χ1v) is 5.82. The van der Waals surface area contributed by atoms with Crippen molar-refractivity contribution >= 4 is 17.8 Å². The zero-order valence-electron chi connectivity index (χ0n) is 10.5. The Balaban J connectivity index is 0.000000199. The number of ether oxygens (including phenoxy) is 1. The molecule has 0 radical (unpaired) electrons. The predicted octanol–water partition coefficient (Wildman–Crippen LogP) is 3.65. The Morgan fingerprint density at radius 1 is 1.00 bits per heavy atom. The number of benzene rings is 2. The molecular formula is C15H18N2O. The molecule has 0 unspecified atom stereocenters. The van der Waals surface area contributed by atoms with Crippen LogP contribution in [0.15, 0.2) is 65.7 Å². The minimum absolute atomic E-state index is 0.663. The van der Waals surface area contributed by atoms with Crippen molar-refractivity contribution in [3.05, 3.63) is 60.7 Å². The van der Waals surface area contributed by atoms with Gasteiger partial charge in [0.25, 0.3) is 0 Å². The molecule has 0 aliphatic carbocycles. The summed E-state index contributed by atoms with van der Waals surface area (Å²) in [7, 11) is 0. The van der Waals surface area contributed by atoms with E-state index in [2.05, 4.69) is 4.99 Å². The fraction of sp³-hybridized carbons (Fsp3) is 0.133. The Morgan fingerprint density at radius 3 is 2.00 bits per heavy atom. The van der Waals surface area contributed by atoms with Crippen molar-refractivity contribution < 1.29 is 4.74 Å². The van der Waals surface area contributed by atoms with E-state index in [0.29, 0.717) is 6.61 Å². The second-order valence-corrected chi connectivity index (χ2v) is 3.44. The second-order valence-electron chi connectivity index (χ2n) is 3.44. The average Bonchev–Trinajstić information content (AvgIpc) is 2.42. The molecule has 0 fully saturated rings. The third kappa shape index (κ3) is 6.33. The molecule has 0 aliphatic rings. The molecule has 3 heteroatoms. The first kappa shape index (κ1) is 13.8. The molecule has 0 aliphatic heterocycles. The lowest BCUT2D eigenvalue weighted by Crippen LogP contribution is -1.83. The maximum absolute atomic E-state index is 5.36. The van der Waals surface area contributed by atoms with Crippen molar-refractivity contribution in [2.24, 2.45) is 4.99 Å². The maximum Gasteiger partial charge on any atom is 0.174 e. The first-order chi connectivity index (χ1) is 8.83. The van der Waals surface area contributed by atoms with Crippen LogP contribution in [0.3, 0.4) is 0 Å². The van der Waals surface area contributed by atoms with Crippen LogP contribution in [0.2, 0.25) is 0 Å². The predicted molar refractivity (Wildman–Crippen MR) is 77.1 cm³/mol. The Hall–Kier alpha value is -2.29. The fourth-order valence-electron chi connectivity index (χ4n) is 1.14. The Labute approximate surface area is 108 Å². The summed E-state index contributed by atoms with van der Waals surface area (Å²) in [6.45, 7) is 2.59. The number of nitrogens with zero attached hydrogens (tertiary/aromatic N) is 1. The van der Waals surface area contributed by atoms with Gasteiger partial charge in [-0.25, -0.2) is 4.99 Å². The summed E-state index contributed by atoms with van der Waals surface area (Å²) in [6.07, 6.45) is 1.47. The summed E-state index contributed by atoms with van der Waals surface area (Å²) in [5.74, 6) is 0. The van der Waals surface area contributed by atoms with E-state index in [-0.39, 0.29) is 0 Å². The van der Waals surface area contributed by atoms with E-state index < -0.39 is 0 Å². The summed E-state index contributed by atoms with van der Waals surface area (Å²) in [5.41, 5.74) is 7.10. The van der Waals surface area contributed by atoms with Gasteiger partial charge in [-0.3, -0.25) is 0 Å². The molecule has 94 valence electrons. The highest BCUT2D eigenvalue weighted by Crippen LogP contribution is 2.07. The Morgan fingerprint density at radius 2 is 1.56 bits per heavy atom. The van der Waals surface area contributed by atoms with Crippen LogP contribution in [-0.4, -0.2) is 13.0 Å². The van der Waals surface area contributed by atoms with Crippen molar-refractivity contribution in [1.29, 1.82) is 0 Å². The molecule has 2 rings (SSSR count). The summed E-state index contributed by atoms with van der Waals surface area (Å²) in [4.78, 5) is 4.05. The molecule has 0 amide bonds. The molecule has 0 atom stereocenters. The van der Waals surface area contributed by atoms with Crippen LogP contribution in [0, 0.1) is 0 Å². The van der Waals surface area contributed by atoms with E-state index in [1.165, 1.54) is 6.40 Å². The highest BCUT2D eigenvalue weighted by atomic mass is 16.5. The van der Waals surface area contributed by atoms with Crippen LogP contribution in [0.1, 0.15) is 6.92 Å². The van der Waals surface area contributed by atoms with Gasteiger partial charge in [-0.15, -0.1) is 0 Å². The van der Waals surface area contributed by atoms with Gasteiger partial charge in [0, 0.05) is 5.69 Å². The third-order valence-corrected chi connectivity index (χ3v) is 2.00. The second kappa shape index (κ2) is 8.82. The summed E-state index contributed by atoms with van der Waals surface area (Å²) >= 11 is 0. The van der Waals surface area contributed by atoms with E-state index in [1.54, 1.807) is 0 Å². The Bertz CT molecular complexity index is 441. The van der Waals surface area contributed by atoms with Crippen molar-refractivity contribution in [1.82, 2.24) is 0 Å². The summed E-state index contributed by atoms with van der Waals surface area (Å²) < 4.78 is 4.95. The van der Waals surface area contributed by atoms with Gasteiger partial charge in [0.05, 0.1) is 12.3 Å². The Kier molecular flexibility index (Phi) is 6.75. The number of aliphatic imine (C=N–C) groups is 1. The number of para-hydroxylation sites is 2. The van der Waals surface area contributed by atoms with E-state index >= 15 is 0 Å². The van der Waals surface area contributed by atoms with Crippen LogP contribution in [0.4, 0.5) is 11.4 Å². The van der Waals surface area contributed by atoms with Gasteiger partial charge < -0.3 is 10.5 Å². The van der Waals surface area contributed by atoms with Gasteiger partial charge in [-0.2, -0.15) is 0 Å². The maximum atomic E-state index is 5.36. The number of hydrogen-bond acceptors (Lipinski definition) is 3. The third-order valence-electron chi connectivity index (χ3n) is 2.00. The van der Waals surface area contributed by atoms with Crippen molar-refractivity contribution in [3.8, 4) is 0 Å². The van der Waals surface area contributed by atoms with Crippen molar-refractivity contribution in [3.63, 3.8) is 0 Å². The molecule has 2 N–H and O–H groups in total. The summed E-state index contributed by atoms with van der Waals surface area (Å²) in [6, 6.07) is 19.2. The molecule has 18 heavy (non-hydrogen) atoms. The van der Waals surface area contributed by atoms with Crippen LogP contribution in [0.5, 0.6) is 0 Å². The van der Waals surface area contributed by atoms with Crippen LogP contribution >= 0.6 is 0 Å². The van der Waals surface area contributed by atoms with Crippen LogP contribution in [-0.2, 0) is 4.74 Å². The van der Waals surface area contributed by atoms with E-state index in [1.807, 2.05) is 67.6 Å². The van der Waals surface area contributed by atoms with E-state index in [4.69, 9.17) is 10.5 Å². The molecular weight excluding hydrogens is 224 g/mol. The van der Waals surface area contributed by atoms with Crippen LogP contribution < -0.4 is 5.73 Å². The lowest BCUT2D eigenvalue weighted by molar-refractivity contribution is 0.344. The topological polar surface area (TPSA) is 47.6 Å². The van der Waals surface area contributed by atoms with Crippen molar-refractivity contribution in [2.75, 3.05) is 12.3 Å². The normalized spacial score (nSPS) is 9.61. The molecule has 2 aromatic rings. The summed E-state index contributed by atoms with van der Waals surface area (Å²) in [5, 5.41) is 0. The number of hydrogen-bond donors (Lipinski definition) is 1. The lowest BCUT2D eigenvalue weighted by Gasteiger charge is -1.92. The molecule has 0 bridgehead atoms. The van der Waals surface area contributed by atoms with Gasteiger partial charge in [0.15, 0.2) is 6.40 Å². The monoisotopic (exact) mass is 242 g/mol. The largest absolute Gasteiger partial charge is 0.483 e. The molecule has 0 saturated heterocycles. The molecule has 2 aromatic carbocycles. The highest BCUT2D eigenvalue weighted by Gasteiger charge is 1.81. The van der Waals surface area contributed by atoms with E-state index in [0.717, 1.165) is 11.4 Å². The molecule has 0 spiro atoms. The number of rotatable bonds is 3. The molecule has 0 saturated carbocycles. The number of nitrogens with two attached hydrogens (primary N) is 1. The quantitative estimate of drug-likeness (QED) is 0.507. The molecule has 0 aromatic heterocycles. The standard InChI is InChI=1S/C9H11NO.C6H7N/c1-2-11-8-10-9-6-4-3-5-7-9;7-6-4-2-1-3-5-6/h3-8H,2H2,1H3;1-5H,7H2. The van der Waals surface area contributed by atoms with Crippen LogP contribution in [0.25, 0.3) is 0 Å². The fourth-order valence-corrected chi connectivity index (χ4v) is 1.14.